The number of aromatic nitrogens is 2. The smallest absolute Gasteiger partial charge is 0.143 e. The van der Waals surface area contributed by atoms with E-state index in [2.05, 4.69) is 202 Å². The molecule has 0 spiro atoms. The lowest BCUT2D eigenvalue weighted by molar-refractivity contribution is 0.660. The number of hydrogen-bond acceptors (Lipinski definition) is 3. The summed E-state index contributed by atoms with van der Waals surface area (Å²) in [6.07, 6.45) is 1.92. The minimum atomic E-state index is -0.107. The topological polar surface area (TPSA) is 38.9 Å². The summed E-state index contributed by atoms with van der Waals surface area (Å²) in [5.74, 6) is 0. The van der Waals surface area contributed by atoms with Crippen LogP contribution in [-0.4, -0.2) is 9.97 Å². The Morgan fingerprint density at radius 2 is 0.984 bits per heavy atom. The van der Waals surface area contributed by atoms with E-state index in [4.69, 9.17) is 14.4 Å². The van der Waals surface area contributed by atoms with Crippen LogP contribution in [0.2, 0.25) is 0 Å². The highest BCUT2D eigenvalue weighted by atomic mass is 16.3. The first-order valence-corrected chi connectivity index (χ1v) is 21.4. The predicted molar refractivity (Wildman–Crippen MR) is 259 cm³/mol. The molecule has 0 atom stereocenters. The molecule has 3 nitrogen and oxygen atoms in total. The number of furan rings is 1. The van der Waals surface area contributed by atoms with Crippen molar-refractivity contribution >= 4 is 65.3 Å². The molecule has 0 saturated carbocycles. The van der Waals surface area contributed by atoms with Crippen molar-refractivity contribution in [2.45, 2.75) is 19.3 Å². The fourth-order valence-corrected chi connectivity index (χ4v) is 10.5. The molecule has 0 radical (unpaired) electrons. The minimum absolute atomic E-state index is 0.107. The average molecular weight is 791 g/mol. The van der Waals surface area contributed by atoms with Gasteiger partial charge >= 0.3 is 0 Å². The number of nitrogens with zero attached hydrogens (tertiary/aromatic N) is 2. The van der Waals surface area contributed by atoms with Crippen molar-refractivity contribution in [3.8, 4) is 55.8 Å². The van der Waals surface area contributed by atoms with Gasteiger partial charge in [0.1, 0.15) is 11.2 Å². The van der Waals surface area contributed by atoms with Crippen LogP contribution in [-0.2, 0) is 5.41 Å². The Hall–Kier alpha value is -7.88. The molecule has 0 fully saturated rings. The SMILES string of the molecule is CC1(C)c2ccccc2-c2ccc(-c3c4ccccc4cc4c3oc3c(-c5cccc(-c6cccc(-c7cnc8c9ccccc9c9ccccc9c8n7)c6)c5)cccc34)cc21. The van der Waals surface area contributed by atoms with Crippen molar-refractivity contribution in [3.63, 3.8) is 0 Å². The Morgan fingerprint density at radius 1 is 0.387 bits per heavy atom. The standard InChI is InChI=1S/C59H38N2O/c1-59(2)51-27-10-9-22-45(51)46-29-28-40(33-52(46)59)54-41-19-4-3-14-38(41)32-50-49-26-13-25-42(57(49)62-58(50)54)37-17-11-15-35(30-37)36-16-12-18-39(31-36)53-34-60-55-47-23-7-5-20-43(47)44-21-6-8-24-48(44)56(55)61-53/h3-34H,1-2H3. The molecule has 12 aromatic rings. The van der Waals surface area contributed by atoms with Crippen molar-refractivity contribution in [1.82, 2.24) is 9.97 Å². The molecule has 0 aliphatic heterocycles. The molecule has 1 aliphatic carbocycles. The lowest BCUT2D eigenvalue weighted by Crippen LogP contribution is -2.14. The second kappa shape index (κ2) is 13.1. The molecule has 2 heterocycles. The van der Waals surface area contributed by atoms with Crippen LogP contribution in [0.3, 0.4) is 0 Å². The molecule has 2 aromatic heterocycles. The normalized spacial score (nSPS) is 13.1. The molecule has 0 bridgehead atoms. The molecule has 0 saturated heterocycles. The monoisotopic (exact) mass is 790 g/mol. The number of fused-ring (bicyclic) bond motifs is 13. The van der Waals surface area contributed by atoms with Crippen molar-refractivity contribution < 1.29 is 4.42 Å². The van der Waals surface area contributed by atoms with Crippen LogP contribution in [0.4, 0.5) is 0 Å². The second-order valence-electron chi connectivity index (χ2n) is 17.3. The van der Waals surface area contributed by atoms with Crippen LogP contribution in [0.15, 0.2) is 199 Å². The third-order valence-electron chi connectivity index (χ3n) is 13.5. The quantitative estimate of drug-likeness (QED) is 0.167. The molecule has 10 aromatic carbocycles. The predicted octanol–water partition coefficient (Wildman–Crippen LogP) is 16.0. The number of rotatable bonds is 4. The first-order valence-electron chi connectivity index (χ1n) is 21.4. The molecule has 1 aliphatic rings. The van der Waals surface area contributed by atoms with Gasteiger partial charge in [0.15, 0.2) is 0 Å². The highest BCUT2D eigenvalue weighted by Crippen LogP contribution is 2.51. The van der Waals surface area contributed by atoms with Crippen LogP contribution < -0.4 is 0 Å². The summed E-state index contributed by atoms with van der Waals surface area (Å²) >= 11 is 0. The van der Waals surface area contributed by atoms with E-state index in [0.29, 0.717) is 0 Å². The molecule has 0 amide bonds. The van der Waals surface area contributed by atoms with E-state index >= 15 is 0 Å². The van der Waals surface area contributed by atoms with Gasteiger partial charge in [0.2, 0.25) is 0 Å². The molecule has 62 heavy (non-hydrogen) atoms. The largest absolute Gasteiger partial charge is 0.455 e. The first-order chi connectivity index (χ1) is 30.5. The summed E-state index contributed by atoms with van der Waals surface area (Å²) in [4.78, 5) is 10.3. The Balaban J connectivity index is 0.934. The van der Waals surface area contributed by atoms with Crippen LogP contribution in [0.25, 0.3) is 121 Å². The Morgan fingerprint density at radius 3 is 1.79 bits per heavy atom. The van der Waals surface area contributed by atoms with Gasteiger partial charge in [-0.3, -0.25) is 4.98 Å². The van der Waals surface area contributed by atoms with Gasteiger partial charge in [0, 0.05) is 43.7 Å². The maximum absolute atomic E-state index is 7.16. The molecular weight excluding hydrogens is 753 g/mol. The zero-order valence-corrected chi connectivity index (χ0v) is 34.3. The van der Waals surface area contributed by atoms with Gasteiger partial charge in [-0.15, -0.1) is 0 Å². The highest BCUT2D eigenvalue weighted by molar-refractivity contribution is 6.23. The first kappa shape index (κ1) is 34.9. The van der Waals surface area contributed by atoms with Gasteiger partial charge in [0.25, 0.3) is 0 Å². The van der Waals surface area contributed by atoms with E-state index < -0.39 is 0 Å². The lowest BCUT2D eigenvalue weighted by atomic mass is 9.81. The Kier molecular flexibility index (Phi) is 7.36. The van der Waals surface area contributed by atoms with Crippen molar-refractivity contribution in [2.75, 3.05) is 0 Å². The van der Waals surface area contributed by atoms with Gasteiger partial charge < -0.3 is 4.42 Å². The van der Waals surface area contributed by atoms with Gasteiger partial charge in [-0.05, 0) is 90.3 Å². The summed E-state index contributed by atoms with van der Waals surface area (Å²) in [7, 11) is 0. The molecular formula is C59H38N2O. The molecule has 3 heteroatoms. The van der Waals surface area contributed by atoms with Crippen LogP contribution in [0, 0.1) is 0 Å². The lowest BCUT2D eigenvalue weighted by Gasteiger charge is -2.22. The summed E-state index contributed by atoms with van der Waals surface area (Å²) < 4.78 is 7.16. The fourth-order valence-electron chi connectivity index (χ4n) is 10.5. The third kappa shape index (κ3) is 5.06. The summed E-state index contributed by atoms with van der Waals surface area (Å²) in [6, 6.07) is 67.9. The van der Waals surface area contributed by atoms with E-state index in [1.54, 1.807) is 0 Å². The second-order valence-corrected chi connectivity index (χ2v) is 17.3. The maximum Gasteiger partial charge on any atom is 0.143 e. The van der Waals surface area contributed by atoms with E-state index in [-0.39, 0.29) is 5.41 Å². The Labute approximate surface area is 358 Å². The van der Waals surface area contributed by atoms with Crippen LogP contribution in [0.5, 0.6) is 0 Å². The zero-order chi connectivity index (χ0) is 41.1. The van der Waals surface area contributed by atoms with E-state index in [0.717, 1.165) is 82.8 Å². The summed E-state index contributed by atoms with van der Waals surface area (Å²) in [5, 5.41) is 9.24. The van der Waals surface area contributed by atoms with Gasteiger partial charge in [-0.2, -0.15) is 0 Å². The third-order valence-corrected chi connectivity index (χ3v) is 13.5. The number of para-hydroxylation sites is 1. The molecule has 0 unspecified atom stereocenters. The Bertz CT molecular complexity index is 3820. The van der Waals surface area contributed by atoms with E-state index in [9.17, 15) is 0 Å². The van der Waals surface area contributed by atoms with Crippen molar-refractivity contribution in [2.24, 2.45) is 0 Å². The summed E-state index contributed by atoms with van der Waals surface area (Å²) in [5.41, 5.74) is 17.5. The fraction of sp³-hybridized carbons (Fsp3) is 0.0508. The number of benzene rings is 10. The van der Waals surface area contributed by atoms with Gasteiger partial charge in [-0.25, -0.2) is 4.98 Å². The van der Waals surface area contributed by atoms with Crippen molar-refractivity contribution in [1.29, 1.82) is 0 Å². The summed E-state index contributed by atoms with van der Waals surface area (Å²) in [6.45, 7) is 4.69. The van der Waals surface area contributed by atoms with E-state index in [1.807, 2.05) is 6.20 Å². The number of hydrogen-bond donors (Lipinski definition) is 0. The average Bonchev–Trinajstić information content (AvgIpc) is 3.81. The van der Waals surface area contributed by atoms with Crippen LogP contribution >= 0.6 is 0 Å². The van der Waals surface area contributed by atoms with Crippen molar-refractivity contribution in [3.05, 3.63) is 205 Å². The van der Waals surface area contributed by atoms with Gasteiger partial charge in [0.05, 0.1) is 22.9 Å². The van der Waals surface area contributed by atoms with E-state index in [1.165, 1.54) is 49.4 Å². The highest BCUT2D eigenvalue weighted by Gasteiger charge is 2.35. The minimum Gasteiger partial charge on any atom is -0.455 e. The van der Waals surface area contributed by atoms with Crippen LogP contribution in [0.1, 0.15) is 25.0 Å². The molecule has 290 valence electrons. The molecule has 0 N–H and O–H groups in total. The maximum atomic E-state index is 7.16. The molecule has 13 rings (SSSR count). The zero-order valence-electron chi connectivity index (χ0n) is 34.3. The van der Waals surface area contributed by atoms with Gasteiger partial charge in [-0.1, -0.05) is 178 Å².